The molecule has 0 aliphatic carbocycles. The maximum Gasteiger partial charge on any atom is 0.287 e. The van der Waals surface area contributed by atoms with Crippen LogP contribution in [0.25, 0.3) is 0 Å². The molecule has 0 spiro atoms. The lowest BCUT2D eigenvalue weighted by atomic mass is 10.3. The molecule has 2 rings (SSSR count). The molecule has 0 saturated heterocycles. The van der Waals surface area contributed by atoms with E-state index in [2.05, 4.69) is 17.9 Å². The summed E-state index contributed by atoms with van der Waals surface area (Å²) in [5.41, 5.74) is 0. The third-order valence-electron chi connectivity index (χ3n) is 2.72. The van der Waals surface area contributed by atoms with Gasteiger partial charge in [-0.15, -0.1) is 0 Å². The molecule has 0 unspecified atom stereocenters. The first-order valence-corrected chi connectivity index (χ1v) is 7.11. The first-order valence-electron chi connectivity index (χ1n) is 6.48. The molecule has 0 saturated carbocycles. The summed E-state index contributed by atoms with van der Waals surface area (Å²) in [4.78, 5) is 11.7. The van der Waals surface area contributed by atoms with E-state index in [1.807, 2.05) is 24.3 Å². The minimum Gasteiger partial charge on any atom is -0.493 e. The van der Waals surface area contributed by atoms with Crippen LogP contribution < -0.4 is 14.8 Å². The minimum absolute atomic E-state index is 0.222. The number of benzene rings is 1. The normalized spacial score (nSPS) is 10.2. The number of para-hydroxylation sites is 2. The van der Waals surface area contributed by atoms with Crippen LogP contribution in [0.3, 0.4) is 0 Å². The van der Waals surface area contributed by atoms with E-state index in [4.69, 9.17) is 13.9 Å². The molecule has 2 aromatic rings. The van der Waals surface area contributed by atoms with Crippen LogP contribution in [-0.2, 0) is 6.61 Å². The number of hydrogen-bond donors (Lipinski definition) is 2. The molecule has 21 heavy (non-hydrogen) atoms. The lowest BCUT2D eigenvalue weighted by Crippen LogP contribution is -2.24. The third-order valence-corrected chi connectivity index (χ3v) is 2.95. The van der Waals surface area contributed by atoms with Crippen molar-refractivity contribution in [2.24, 2.45) is 0 Å². The molecule has 0 aliphatic rings. The average Bonchev–Trinajstić information content (AvgIpc) is 3.00. The zero-order valence-electron chi connectivity index (χ0n) is 11.7. The maximum atomic E-state index is 11.7. The summed E-state index contributed by atoms with van der Waals surface area (Å²) in [6.45, 7) is 0.718. The van der Waals surface area contributed by atoms with Gasteiger partial charge in [0.05, 0.1) is 7.11 Å². The maximum absolute atomic E-state index is 11.7. The van der Waals surface area contributed by atoms with Crippen molar-refractivity contribution >= 4 is 18.5 Å². The molecule has 0 radical (unpaired) electrons. The van der Waals surface area contributed by atoms with Crippen LogP contribution >= 0.6 is 12.6 Å². The van der Waals surface area contributed by atoms with Gasteiger partial charge in [-0.3, -0.25) is 4.79 Å². The van der Waals surface area contributed by atoms with Crippen molar-refractivity contribution in [2.45, 2.75) is 6.61 Å². The standard InChI is InChI=1S/C15H17NO4S/c1-18-12-4-2-3-5-13(12)19-10-11-6-7-14(20-11)15(17)16-8-9-21/h2-7,21H,8-10H2,1H3,(H,16,17). The number of hydrogen-bond acceptors (Lipinski definition) is 5. The summed E-state index contributed by atoms with van der Waals surface area (Å²) in [6, 6.07) is 10.7. The number of thiol groups is 1. The second-order valence-electron chi connectivity index (χ2n) is 4.19. The Morgan fingerprint density at radius 1 is 1.24 bits per heavy atom. The van der Waals surface area contributed by atoms with Gasteiger partial charge in [-0.1, -0.05) is 12.1 Å². The summed E-state index contributed by atoms with van der Waals surface area (Å²) in [5, 5.41) is 2.68. The van der Waals surface area contributed by atoms with Crippen molar-refractivity contribution in [3.63, 3.8) is 0 Å². The van der Waals surface area contributed by atoms with Crippen molar-refractivity contribution < 1.29 is 18.7 Å². The number of furan rings is 1. The summed E-state index contributed by atoms with van der Waals surface area (Å²) >= 11 is 4.03. The fraction of sp³-hybridized carbons (Fsp3) is 0.267. The highest BCUT2D eigenvalue weighted by Crippen LogP contribution is 2.26. The van der Waals surface area contributed by atoms with Crippen molar-refractivity contribution in [3.05, 3.63) is 47.9 Å². The molecule has 0 atom stereocenters. The van der Waals surface area contributed by atoms with E-state index in [9.17, 15) is 4.79 Å². The smallest absolute Gasteiger partial charge is 0.287 e. The molecule has 0 bridgehead atoms. The molecule has 5 nitrogen and oxygen atoms in total. The van der Waals surface area contributed by atoms with E-state index >= 15 is 0 Å². The highest BCUT2D eigenvalue weighted by Gasteiger charge is 2.11. The van der Waals surface area contributed by atoms with E-state index in [0.717, 1.165) is 0 Å². The van der Waals surface area contributed by atoms with E-state index in [-0.39, 0.29) is 18.3 Å². The summed E-state index contributed by atoms with van der Waals surface area (Å²) < 4.78 is 16.3. The second-order valence-corrected chi connectivity index (χ2v) is 4.63. The number of rotatable bonds is 7. The molecule has 1 N–H and O–H groups in total. The molecule has 1 amide bonds. The van der Waals surface area contributed by atoms with Gasteiger partial charge in [0.1, 0.15) is 12.4 Å². The monoisotopic (exact) mass is 307 g/mol. The van der Waals surface area contributed by atoms with Crippen LogP contribution in [0.5, 0.6) is 11.5 Å². The van der Waals surface area contributed by atoms with Crippen molar-refractivity contribution in [3.8, 4) is 11.5 Å². The van der Waals surface area contributed by atoms with Gasteiger partial charge in [0, 0.05) is 12.3 Å². The number of methoxy groups -OCH3 is 1. The topological polar surface area (TPSA) is 60.7 Å². The van der Waals surface area contributed by atoms with E-state index in [1.54, 1.807) is 19.2 Å². The molecular formula is C15H17NO4S. The van der Waals surface area contributed by atoms with Crippen LogP contribution in [-0.4, -0.2) is 25.3 Å². The molecule has 112 valence electrons. The van der Waals surface area contributed by atoms with Gasteiger partial charge in [0.2, 0.25) is 0 Å². The van der Waals surface area contributed by atoms with Gasteiger partial charge in [-0.2, -0.15) is 12.6 Å². The first kappa shape index (κ1) is 15.3. The van der Waals surface area contributed by atoms with Crippen LogP contribution in [0.1, 0.15) is 16.3 Å². The molecule has 0 fully saturated rings. The Balaban J connectivity index is 1.95. The van der Waals surface area contributed by atoms with Crippen LogP contribution in [0.15, 0.2) is 40.8 Å². The highest BCUT2D eigenvalue weighted by atomic mass is 32.1. The van der Waals surface area contributed by atoms with Crippen molar-refractivity contribution in [1.29, 1.82) is 0 Å². The fourth-order valence-electron chi connectivity index (χ4n) is 1.72. The lowest BCUT2D eigenvalue weighted by molar-refractivity contribution is 0.0924. The molecule has 1 aromatic carbocycles. The zero-order valence-corrected chi connectivity index (χ0v) is 12.6. The second kappa shape index (κ2) is 7.64. The van der Waals surface area contributed by atoms with Gasteiger partial charge in [-0.05, 0) is 24.3 Å². The van der Waals surface area contributed by atoms with Crippen molar-refractivity contribution in [1.82, 2.24) is 5.32 Å². The predicted molar refractivity (Wildman–Crippen MR) is 82.2 cm³/mol. The van der Waals surface area contributed by atoms with Crippen molar-refractivity contribution in [2.75, 3.05) is 19.4 Å². The highest BCUT2D eigenvalue weighted by molar-refractivity contribution is 7.80. The van der Waals surface area contributed by atoms with Gasteiger partial charge >= 0.3 is 0 Å². The Morgan fingerprint density at radius 2 is 2.00 bits per heavy atom. The SMILES string of the molecule is COc1ccccc1OCc1ccc(C(=O)NCCS)o1. The van der Waals surface area contributed by atoms with Crippen LogP contribution in [0.2, 0.25) is 0 Å². The lowest BCUT2D eigenvalue weighted by Gasteiger charge is -2.08. The Labute approximate surface area is 128 Å². The number of carbonyl (C=O) groups is 1. The first-order chi connectivity index (χ1) is 10.2. The Kier molecular flexibility index (Phi) is 5.57. The van der Waals surface area contributed by atoms with E-state index in [1.165, 1.54) is 0 Å². The molecule has 1 aromatic heterocycles. The molecule has 0 aliphatic heterocycles. The van der Waals surface area contributed by atoms with Crippen LogP contribution in [0.4, 0.5) is 0 Å². The minimum atomic E-state index is -0.257. The van der Waals surface area contributed by atoms with Gasteiger partial charge in [0.25, 0.3) is 5.91 Å². The average molecular weight is 307 g/mol. The Morgan fingerprint density at radius 3 is 2.71 bits per heavy atom. The number of nitrogens with one attached hydrogen (secondary N) is 1. The molecule has 1 heterocycles. The largest absolute Gasteiger partial charge is 0.493 e. The van der Waals surface area contributed by atoms with Gasteiger partial charge < -0.3 is 19.2 Å². The van der Waals surface area contributed by atoms with Gasteiger partial charge in [0.15, 0.2) is 17.3 Å². The fourth-order valence-corrected chi connectivity index (χ4v) is 1.83. The third kappa shape index (κ3) is 4.19. The van der Waals surface area contributed by atoms with Gasteiger partial charge in [-0.25, -0.2) is 0 Å². The number of amides is 1. The number of ether oxygens (including phenoxy) is 2. The quantitative estimate of drug-likeness (QED) is 0.772. The van der Waals surface area contributed by atoms with E-state index in [0.29, 0.717) is 29.6 Å². The van der Waals surface area contributed by atoms with Crippen LogP contribution in [0, 0.1) is 0 Å². The summed E-state index contributed by atoms with van der Waals surface area (Å²) in [5.74, 6) is 2.42. The van der Waals surface area contributed by atoms with E-state index < -0.39 is 0 Å². The summed E-state index contributed by atoms with van der Waals surface area (Å²) in [7, 11) is 1.58. The zero-order chi connectivity index (χ0) is 15.1. The number of carbonyl (C=O) groups excluding carboxylic acids is 1. The molecular weight excluding hydrogens is 290 g/mol. The Bertz CT molecular complexity index is 597. The predicted octanol–water partition coefficient (Wildman–Crippen LogP) is 2.53. The molecule has 6 heteroatoms. The Hall–Kier alpha value is -2.08. The summed E-state index contributed by atoms with van der Waals surface area (Å²) in [6.07, 6.45) is 0.